The number of likely N-dealkylation sites (tertiary alicyclic amines) is 1. The molecule has 0 spiro atoms. The summed E-state index contributed by atoms with van der Waals surface area (Å²) in [5.41, 5.74) is 0.658. The molecular weight excluding hydrogens is 465 g/mol. The molecular formula is C17H30IN5O2S. The van der Waals surface area contributed by atoms with Crippen LogP contribution >= 0.6 is 35.3 Å². The van der Waals surface area contributed by atoms with Gasteiger partial charge in [0.25, 0.3) is 0 Å². The molecule has 148 valence electrons. The Morgan fingerprint density at radius 3 is 2.69 bits per heavy atom. The zero-order chi connectivity index (χ0) is 18.4. The van der Waals surface area contributed by atoms with Crippen LogP contribution in [0.2, 0.25) is 0 Å². The first-order valence-corrected chi connectivity index (χ1v) is 9.57. The van der Waals surface area contributed by atoms with E-state index in [0.29, 0.717) is 13.1 Å². The van der Waals surface area contributed by atoms with Gasteiger partial charge >= 0.3 is 6.09 Å². The number of aliphatic imine (C=N–C) groups is 1. The summed E-state index contributed by atoms with van der Waals surface area (Å²) in [6.45, 7) is 9.76. The van der Waals surface area contributed by atoms with E-state index in [1.54, 1.807) is 23.3 Å². The maximum absolute atomic E-state index is 11.9. The van der Waals surface area contributed by atoms with Gasteiger partial charge in [-0.3, -0.25) is 4.99 Å². The van der Waals surface area contributed by atoms with E-state index < -0.39 is 5.60 Å². The fraction of sp³-hybridized carbons (Fsp3) is 0.706. The Morgan fingerprint density at radius 1 is 1.46 bits per heavy atom. The number of thiazole rings is 1. The molecule has 0 aliphatic carbocycles. The summed E-state index contributed by atoms with van der Waals surface area (Å²) >= 11 is 1.71. The largest absolute Gasteiger partial charge is 0.444 e. The second-order valence-corrected chi connectivity index (χ2v) is 8.00. The van der Waals surface area contributed by atoms with E-state index in [1.165, 1.54) is 5.01 Å². The lowest BCUT2D eigenvalue weighted by molar-refractivity contribution is 0.00701. The second-order valence-electron chi connectivity index (χ2n) is 7.06. The number of nitrogens with one attached hydrogen (secondary N) is 2. The Balaban J connectivity index is 0.00000338. The third-order valence-electron chi connectivity index (χ3n) is 3.67. The number of guanidine groups is 1. The van der Waals surface area contributed by atoms with Gasteiger partial charge in [0.05, 0.1) is 16.7 Å². The van der Waals surface area contributed by atoms with Gasteiger partial charge in [-0.15, -0.1) is 35.3 Å². The molecule has 1 aliphatic heterocycles. The number of aryl methyl sites for hydroxylation is 1. The molecule has 9 heteroatoms. The normalized spacial score (nSPS) is 15.1. The SMILES string of the molecule is CCc1nc(CCNC(=NC)NC2CN(C(=O)OC(C)(C)C)C2)cs1.I. The van der Waals surface area contributed by atoms with Gasteiger partial charge in [0.15, 0.2) is 5.96 Å². The van der Waals surface area contributed by atoms with Gasteiger partial charge in [0.1, 0.15) is 5.60 Å². The van der Waals surface area contributed by atoms with Crippen LogP contribution < -0.4 is 10.6 Å². The average molecular weight is 495 g/mol. The molecule has 2 N–H and O–H groups in total. The molecule has 1 aromatic rings. The molecule has 7 nitrogen and oxygen atoms in total. The van der Waals surface area contributed by atoms with Gasteiger partial charge in [0, 0.05) is 38.5 Å². The molecule has 26 heavy (non-hydrogen) atoms. The van der Waals surface area contributed by atoms with Crippen LogP contribution in [-0.2, 0) is 17.6 Å². The van der Waals surface area contributed by atoms with Gasteiger partial charge in [-0.25, -0.2) is 9.78 Å². The highest BCUT2D eigenvalue weighted by Crippen LogP contribution is 2.15. The number of hydrogen-bond acceptors (Lipinski definition) is 5. The van der Waals surface area contributed by atoms with E-state index in [9.17, 15) is 4.79 Å². The number of nitrogens with zero attached hydrogens (tertiary/aromatic N) is 3. The first-order valence-electron chi connectivity index (χ1n) is 8.69. The first kappa shape index (κ1) is 22.9. The van der Waals surface area contributed by atoms with Crippen LogP contribution in [0.4, 0.5) is 4.79 Å². The maximum atomic E-state index is 11.9. The summed E-state index contributed by atoms with van der Waals surface area (Å²) in [6.07, 6.45) is 1.59. The van der Waals surface area contributed by atoms with Gasteiger partial charge < -0.3 is 20.3 Å². The number of halogens is 1. The third-order valence-corrected chi connectivity index (χ3v) is 4.72. The van der Waals surface area contributed by atoms with Gasteiger partial charge in [-0.1, -0.05) is 6.92 Å². The predicted octanol–water partition coefficient (Wildman–Crippen LogP) is 2.65. The molecule has 0 unspecified atom stereocenters. The van der Waals surface area contributed by atoms with Crippen molar-refractivity contribution in [3.8, 4) is 0 Å². The molecule has 1 fully saturated rings. The van der Waals surface area contributed by atoms with Crippen molar-refractivity contribution in [2.24, 2.45) is 4.99 Å². The number of hydrogen-bond donors (Lipinski definition) is 2. The summed E-state index contributed by atoms with van der Waals surface area (Å²) in [4.78, 5) is 22.4. The zero-order valence-corrected chi connectivity index (χ0v) is 19.3. The Kier molecular flexibility index (Phi) is 9.08. The van der Waals surface area contributed by atoms with Crippen LogP contribution in [0.15, 0.2) is 10.4 Å². The van der Waals surface area contributed by atoms with Crippen molar-refractivity contribution in [3.63, 3.8) is 0 Å². The highest BCUT2D eigenvalue weighted by atomic mass is 127. The van der Waals surface area contributed by atoms with E-state index in [0.717, 1.165) is 31.0 Å². The summed E-state index contributed by atoms with van der Waals surface area (Å²) < 4.78 is 5.35. The van der Waals surface area contributed by atoms with Crippen LogP contribution in [-0.4, -0.2) is 60.3 Å². The standard InChI is InChI=1S/C17H29N5O2S.HI/c1-6-14-20-12(11-25-14)7-8-19-15(18-5)21-13-9-22(10-13)16(23)24-17(2,3)4;/h11,13H,6-10H2,1-5H3,(H2,18,19,21);1H. The smallest absolute Gasteiger partial charge is 0.410 e. The van der Waals surface area contributed by atoms with Crippen LogP contribution in [0, 0.1) is 0 Å². The van der Waals surface area contributed by atoms with Crippen molar-refractivity contribution in [1.29, 1.82) is 0 Å². The van der Waals surface area contributed by atoms with Crippen molar-refractivity contribution in [3.05, 3.63) is 16.1 Å². The molecule has 1 saturated heterocycles. The summed E-state index contributed by atoms with van der Waals surface area (Å²) in [6, 6.07) is 0.199. The van der Waals surface area contributed by atoms with Crippen LogP contribution in [0.1, 0.15) is 38.4 Å². The number of aromatic nitrogens is 1. The molecule has 0 radical (unpaired) electrons. The van der Waals surface area contributed by atoms with E-state index in [2.05, 4.69) is 32.9 Å². The van der Waals surface area contributed by atoms with Gasteiger partial charge in [-0.2, -0.15) is 0 Å². The number of amides is 1. The lowest BCUT2D eigenvalue weighted by Crippen LogP contribution is -2.63. The monoisotopic (exact) mass is 495 g/mol. The minimum atomic E-state index is -0.458. The molecule has 0 saturated carbocycles. The molecule has 0 aromatic carbocycles. The molecule has 2 heterocycles. The first-order chi connectivity index (χ1) is 11.8. The number of ether oxygens (including phenoxy) is 1. The van der Waals surface area contributed by atoms with Crippen molar-refractivity contribution in [2.45, 2.75) is 52.2 Å². The lowest BCUT2D eigenvalue weighted by Gasteiger charge is -2.40. The van der Waals surface area contributed by atoms with Crippen molar-refractivity contribution < 1.29 is 9.53 Å². The highest BCUT2D eigenvalue weighted by Gasteiger charge is 2.34. The summed E-state index contributed by atoms with van der Waals surface area (Å²) in [5.74, 6) is 0.750. The molecule has 1 aliphatic rings. The molecule has 2 rings (SSSR count). The van der Waals surface area contributed by atoms with Crippen LogP contribution in [0.5, 0.6) is 0 Å². The maximum Gasteiger partial charge on any atom is 0.410 e. The minimum Gasteiger partial charge on any atom is -0.444 e. The van der Waals surface area contributed by atoms with Crippen molar-refractivity contribution >= 4 is 47.4 Å². The molecule has 1 amide bonds. The topological polar surface area (TPSA) is 78.9 Å². The predicted molar refractivity (Wildman–Crippen MR) is 117 cm³/mol. The Hall–Kier alpha value is -1.10. The molecule has 0 bridgehead atoms. The van der Waals surface area contributed by atoms with Crippen molar-refractivity contribution in [1.82, 2.24) is 20.5 Å². The van der Waals surface area contributed by atoms with Gasteiger partial charge in [-0.05, 0) is 27.2 Å². The third kappa shape index (κ3) is 7.26. The fourth-order valence-electron chi connectivity index (χ4n) is 2.37. The lowest BCUT2D eigenvalue weighted by atomic mass is 10.1. The van der Waals surface area contributed by atoms with E-state index in [1.807, 2.05) is 20.8 Å². The highest BCUT2D eigenvalue weighted by molar-refractivity contribution is 14.0. The summed E-state index contributed by atoms with van der Waals surface area (Å²) in [7, 11) is 1.75. The minimum absolute atomic E-state index is 0. The molecule has 1 aromatic heterocycles. The van der Waals surface area contributed by atoms with Crippen LogP contribution in [0.25, 0.3) is 0 Å². The van der Waals surface area contributed by atoms with E-state index in [-0.39, 0.29) is 36.1 Å². The van der Waals surface area contributed by atoms with Crippen LogP contribution in [0.3, 0.4) is 0 Å². The van der Waals surface area contributed by atoms with E-state index >= 15 is 0 Å². The Morgan fingerprint density at radius 2 is 2.15 bits per heavy atom. The zero-order valence-electron chi connectivity index (χ0n) is 16.2. The average Bonchev–Trinajstić information content (AvgIpc) is 2.94. The Bertz CT molecular complexity index is 609. The number of carbonyl (C=O) groups excluding carboxylic acids is 1. The number of carbonyl (C=O) groups is 1. The second kappa shape index (κ2) is 10.3. The quantitative estimate of drug-likeness (QED) is 0.373. The fourth-order valence-corrected chi connectivity index (χ4v) is 3.15. The molecule has 0 atom stereocenters. The summed E-state index contributed by atoms with van der Waals surface area (Å²) in [5, 5.41) is 9.91. The van der Waals surface area contributed by atoms with E-state index in [4.69, 9.17) is 4.74 Å². The Labute approximate surface area is 177 Å². The number of rotatable bonds is 5. The van der Waals surface area contributed by atoms with Gasteiger partial charge in [0.2, 0.25) is 0 Å². The van der Waals surface area contributed by atoms with Crippen molar-refractivity contribution in [2.75, 3.05) is 26.7 Å².